The van der Waals surface area contributed by atoms with Crippen LogP contribution in [0.5, 0.6) is 0 Å². The second-order valence-corrected chi connectivity index (χ2v) is 13.8. The molecule has 0 N–H and O–H groups in total. The third-order valence-electron chi connectivity index (χ3n) is 10.8. The molecule has 3 aromatic rings. The lowest BCUT2D eigenvalue weighted by Crippen LogP contribution is -2.33. The van der Waals surface area contributed by atoms with E-state index < -0.39 is 0 Å². The molecule has 220 valence electrons. The maximum absolute atomic E-state index is 5.61. The van der Waals surface area contributed by atoms with E-state index in [9.17, 15) is 0 Å². The van der Waals surface area contributed by atoms with Gasteiger partial charge in [0, 0.05) is 40.3 Å². The highest BCUT2D eigenvalue weighted by atomic mass is 15.2. The van der Waals surface area contributed by atoms with Crippen LogP contribution in [0.4, 0.5) is 5.69 Å². The van der Waals surface area contributed by atoms with Gasteiger partial charge in [0.25, 0.3) is 0 Å². The fourth-order valence-electron chi connectivity index (χ4n) is 8.76. The molecule has 45 heavy (non-hydrogen) atoms. The van der Waals surface area contributed by atoms with Gasteiger partial charge in [-0.15, -0.1) is 0 Å². The van der Waals surface area contributed by atoms with Crippen molar-refractivity contribution in [2.24, 2.45) is 22.7 Å². The maximum Gasteiger partial charge on any atom is 0.141 e. The summed E-state index contributed by atoms with van der Waals surface area (Å²) in [5, 5.41) is 0. The van der Waals surface area contributed by atoms with Crippen LogP contribution in [0.3, 0.4) is 0 Å². The van der Waals surface area contributed by atoms with E-state index in [1.54, 1.807) is 0 Å². The smallest absolute Gasteiger partial charge is 0.141 e. The number of benzene rings is 2. The van der Waals surface area contributed by atoms with Gasteiger partial charge in [-0.3, -0.25) is 9.88 Å². The average Bonchev–Trinajstić information content (AvgIpc) is 3.23. The summed E-state index contributed by atoms with van der Waals surface area (Å²) in [7, 11) is 0. The Kier molecular flexibility index (Phi) is 5.84. The van der Waals surface area contributed by atoms with Gasteiger partial charge in [0.1, 0.15) is 5.82 Å². The Balaban J connectivity index is 1.33. The Bertz CT molecular complexity index is 2010. The predicted molar refractivity (Wildman–Crippen MR) is 185 cm³/mol. The Morgan fingerprint density at radius 3 is 2.51 bits per heavy atom. The summed E-state index contributed by atoms with van der Waals surface area (Å²) in [4.78, 5) is 13.0. The Labute approximate surface area is 266 Å². The molecular formula is C42H37N3. The number of hydrogen-bond acceptors (Lipinski definition) is 3. The number of rotatable bonds is 2. The van der Waals surface area contributed by atoms with Gasteiger partial charge in [-0.2, -0.15) is 0 Å². The number of para-hydroxylation sites is 1. The summed E-state index contributed by atoms with van der Waals surface area (Å²) >= 11 is 0. The highest BCUT2D eigenvalue weighted by Crippen LogP contribution is 2.58. The first kappa shape index (κ1) is 26.6. The molecule has 4 unspecified atom stereocenters. The minimum absolute atomic E-state index is 0.149. The summed E-state index contributed by atoms with van der Waals surface area (Å²) in [6.07, 6.45) is 22.4. The van der Waals surface area contributed by atoms with Crippen molar-refractivity contribution in [2.75, 3.05) is 4.90 Å². The van der Waals surface area contributed by atoms with E-state index in [0.29, 0.717) is 11.8 Å². The fourth-order valence-corrected chi connectivity index (χ4v) is 8.76. The molecule has 9 rings (SSSR count). The summed E-state index contributed by atoms with van der Waals surface area (Å²) in [6, 6.07) is 24.4. The summed E-state index contributed by atoms with van der Waals surface area (Å²) < 4.78 is 0. The molecule has 0 amide bonds. The van der Waals surface area contributed by atoms with Crippen molar-refractivity contribution in [3.05, 3.63) is 172 Å². The van der Waals surface area contributed by atoms with Crippen molar-refractivity contribution < 1.29 is 0 Å². The zero-order chi connectivity index (χ0) is 30.3. The van der Waals surface area contributed by atoms with Gasteiger partial charge in [0.15, 0.2) is 0 Å². The van der Waals surface area contributed by atoms with Gasteiger partial charge >= 0.3 is 0 Å². The zero-order valence-corrected chi connectivity index (χ0v) is 26.1. The number of aliphatic imine (C=N–C) groups is 1. The van der Waals surface area contributed by atoms with Gasteiger partial charge in [-0.25, -0.2) is 4.99 Å². The van der Waals surface area contributed by atoms with Crippen LogP contribution in [0, 0.1) is 17.8 Å². The zero-order valence-electron chi connectivity index (χ0n) is 26.1. The Morgan fingerprint density at radius 1 is 0.822 bits per heavy atom. The van der Waals surface area contributed by atoms with E-state index in [-0.39, 0.29) is 17.3 Å². The molecule has 0 radical (unpaired) electrons. The van der Waals surface area contributed by atoms with Crippen LogP contribution in [0.1, 0.15) is 61.9 Å². The lowest BCUT2D eigenvalue weighted by molar-refractivity contribution is 0.432. The van der Waals surface area contributed by atoms with E-state index in [4.69, 9.17) is 9.98 Å². The van der Waals surface area contributed by atoms with Crippen LogP contribution >= 0.6 is 0 Å². The molecule has 2 aromatic carbocycles. The van der Waals surface area contributed by atoms with Crippen LogP contribution in [0.25, 0.3) is 5.57 Å². The van der Waals surface area contributed by atoms with E-state index in [1.165, 1.54) is 50.4 Å². The second kappa shape index (κ2) is 9.87. The normalized spacial score (nSPS) is 26.9. The molecule has 3 nitrogen and oxygen atoms in total. The highest BCUT2D eigenvalue weighted by Gasteiger charge is 2.46. The van der Waals surface area contributed by atoms with Crippen molar-refractivity contribution in [2.45, 2.75) is 44.9 Å². The quantitative estimate of drug-likeness (QED) is 0.301. The molecule has 0 bridgehead atoms. The molecular weight excluding hydrogens is 546 g/mol. The molecule has 4 aliphatic carbocycles. The summed E-state index contributed by atoms with van der Waals surface area (Å²) in [5.41, 5.74) is 14.2. The van der Waals surface area contributed by atoms with Crippen molar-refractivity contribution in [3.8, 4) is 0 Å². The van der Waals surface area contributed by atoms with Gasteiger partial charge in [-0.1, -0.05) is 106 Å². The summed E-state index contributed by atoms with van der Waals surface area (Å²) in [5.74, 6) is 2.46. The van der Waals surface area contributed by atoms with Crippen molar-refractivity contribution in [1.82, 2.24) is 4.98 Å². The average molecular weight is 584 g/mol. The van der Waals surface area contributed by atoms with Crippen LogP contribution in [-0.4, -0.2) is 10.7 Å². The molecule has 0 saturated heterocycles. The van der Waals surface area contributed by atoms with Gasteiger partial charge < -0.3 is 0 Å². The summed E-state index contributed by atoms with van der Waals surface area (Å²) in [6.45, 7) is 7.16. The molecule has 0 saturated carbocycles. The van der Waals surface area contributed by atoms with E-state index in [1.807, 2.05) is 12.3 Å². The molecule has 6 aliphatic rings. The van der Waals surface area contributed by atoms with Gasteiger partial charge in [0.05, 0.1) is 17.1 Å². The Hall–Kier alpha value is -4.76. The van der Waals surface area contributed by atoms with Crippen LogP contribution in [0.2, 0.25) is 0 Å². The molecule has 0 spiro atoms. The monoisotopic (exact) mass is 583 g/mol. The van der Waals surface area contributed by atoms with E-state index >= 15 is 0 Å². The largest absolute Gasteiger partial charge is 0.294 e. The molecule has 0 fully saturated rings. The first-order chi connectivity index (χ1) is 22.0. The van der Waals surface area contributed by atoms with Crippen molar-refractivity contribution >= 4 is 17.0 Å². The molecule has 3 heteroatoms. The second-order valence-electron chi connectivity index (χ2n) is 13.8. The first-order valence-electron chi connectivity index (χ1n) is 16.4. The SMILES string of the molecule is CC1C=CC2=C(N3C4=C(CC5C=CC=CC5=N4)C4=C(c5ccccc53)c3ccccc3C4(C)C)C=CC(c3ccccn3)C2C1. The number of nitrogens with zero attached hydrogens (tertiary/aromatic N) is 3. The number of hydrogen-bond donors (Lipinski definition) is 0. The minimum atomic E-state index is -0.149. The van der Waals surface area contributed by atoms with Gasteiger partial charge in [0.2, 0.25) is 0 Å². The van der Waals surface area contributed by atoms with E-state index in [2.05, 4.69) is 135 Å². The lowest BCUT2D eigenvalue weighted by Gasteiger charge is -2.40. The first-order valence-corrected chi connectivity index (χ1v) is 16.4. The maximum atomic E-state index is 5.61. The van der Waals surface area contributed by atoms with Crippen LogP contribution in [0.15, 0.2) is 155 Å². The standard InChI is InChI=1S/C42H37N3/c1-26-19-20-29-32(24-26)28(36-17-10-11-23-43-36)21-22-38(29)45-37-18-9-6-14-31(37)39-30-13-5-7-15-34(30)42(2,3)40(39)33-25-27-12-4-8-16-35(27)44-41(33)45/h4-23,26-28,32H,24-25H2,1-3H3. The van der Waals surface area contributed by atoms with Crippen molar-refractivity contribution in [3.63, 3.8) is 0 Å². The Morgan fingerprint density at radius 2 is 1.64 bits per heavy atom. The number of anilines is 1. The van der Waals surface area contributed by atoms with Crippen LogP contribution in [-0.2, 0) is 5.41 Å². The fraction of sp³-hybridized carbons (Fsp3) is 0.238. The minimum Gasteiger partial charge on any atom is -0.294 e. The third-order valence-corrected chi connectivity index (χ3v) is 10.8. The molecule has 4 atom stereocenters. The number of aromatic nitrogens is 1. The topological polar surface area (TPSA) is 28.5 Å². The number of fused-ring (bicyclic) bond motifs is 7. The lowest BCUT2D eigenvalue weighted by atomic mass is 9.71. The molecule has 2 aliphatic heterocycles. The predicted octanol–water partition coefficient (Wildman–Crippen LogP) is 9.61. The third kappa shape index (κ3) is 3.89. The van der Waals surface area contributed by atoms with E-state index in [0.717, 1.165) is 30.1 Å². The highest BCUT2D eigenvalue weighted by molar-refractivity contribution is 6.04. The van der Waals surface area contributed by atoms with Crippen molar-refractivity contribution in [1.29, 1.82) is 0 Å². The number of pyridine rings is 1. The van der Waals surface area contributed by atoms with Gasteiger partial charge in [-0.05, 0) is 82.9 Å². The molecule has 1 aromatic heterocycles. The number of allylic oxidation sites excluding steroid dienone is 11. The van der Waals surface area contributed by atoms with Crippen LogP contribution < -0.4 is 4.90 Å². The molecule has 3 heterocycles.